The molecule has 2 aromatic carbocycles. The number of carbonyl (C=O) groups excluding carboxylic acids is 1. The van der Waals surface area contributed by atoms with Crippen LogP contribution in [0.3, 0.4) is 0 Å². The Hall–Kier alpha value is -3.81. The molecule has 2 heterocycles. The molecule has 4 rings (SSSR count). The van der Waals surface area contributed by atoms with E-state index in [-0.39, 0.29) is 19.3 Å². The van der Waals surface area contributed by atoms with Crippen LogP contribution in [-0.2, 0) is 16.5 Å². The number of benzene rings is 2. The van der Waals surface area contributed by atoms with Gasteiger partial charge >= 0.3 is 6.16 Å². The van der Waals surface area contributed by atoms with Gasteiger partial charge in [-0.2, -0.15) is 5.10 Å². The Morgan fingerprint density at radius 3 is 2.83 bits per heavy atom. The summed E-state index contributed by atoms with van der Waals surface area (Å²) < 4.78 is 22.7. The Morgan fingerprint density at radius 2 is 2.00 bits per heavy atom. The summed E-state index contributed by atoms with van der Waals surface area (Å²) in [4.78, 5) is 11.9. The number of carbonyl (C=O) groups is 1. The predicted octanol–water partition coefficient (Wildman–Crippen LogP) is 3.86. The summed E-state index contributed by atoms with van der Waals surface area (Å²) >= 11 is 0. The molecule has 8 heteroatoms. The molecular formula is C21H19N3O5. The summed E-state index contributed by atoms with van der Waals surface area (Å²) in [6.07, 6.45) is 0.703. The van der Waals surface area contributed by atoms with Crippen molar-refractivity contribution >= 4 is 29.2 Å². The largest absolute Gasteiger partial charge is 0.515 e. The maximum absolute atomic E-state index is 11.9. The average molecular weight is 393 g/mol. The SMILES string of the molecule is CCOC(=O)O/C(=N/N=C\c1ccc2c(c1)OCO2)c1cc2ccccc2n1C. The summed E-state index contributed by atoms with van der Waals surface area (Å²) in [5.41, 5.74) is 2.34. The first-order chi connectivity index (χ1) is 14.2. The fourth-order valence-corrected chi connectivity index (χ4v) is 2.99. The van der Waals surface area contributed by atoms with Gasteiger partial charge in [-0.15, -0.1) is 5.10 Å². The summed E-state index contributed by atoms with van der Waals surface area (Å²) in [6, 6.07) is 15.1. The van der Waals surface area contributed by atoms with Crippen molar-refractivity contribution < 1.29 is 23.7 Å². The monoisotopic (exact) mass is 393 g/mol. The first-order valence-corrected chi connectivity index (χ1v) is 9.06. The molecule has 0 radical (unpaired) electrons. The van der Waals surface area contributed by atoms with Crippen LogP contribution in [-0.4, -0.2) is 36.2 Å². The van der Waals surface area contributed by atoms with Gasteiger partial charge in [-0.25, -0.2) is 4.79 Å². The maximum Gasteiger partial charge on any atom is 0.515 e. The van der Waals surface area contributed by atoms with Crippen molar-refractivity contribution in [3.63, 3.8) is 0 Å². The quantitative estimate of drug-likeness (QED) is 0.291. The molecule has 0 saturated carbocycles. The van der Waals surface area contributed by atoms with Crippen molar-refractivity contribution in [2.75, 3.05) is 13.4 Å². The lowest BCUT2D eigenvalue weighted by Crippen LogP contribution is -2.17. The van der Waals surface area contributed by atoms with Crippen LogP contribution < -0.4 is 9.47 Å². The second-order valence-corrected chi connectivity index (χ2v) is 6.19. The summed E-state index contributed by atoms with van der Waals surface area (Å²) in [6.45, 7) is 2.10. The van der Waals surface area contributed by atoms with Gasteiger partial charge in [-0.3, -0.25) is 0 Å². The smallest absolute Gasteiger partial charge is 0.454 e. The molecule has 8 nitrogen and oxygen atoms in total. The molecule has 0 unspecified atom stereocenters. The van der Waals surface area contributed by atoms with Crippen molar-refractivity contribution in [2.45, 2.75) is 6.92 Å². The van der Waals surface area contributed by atoms with Gasteiger partial charge < -0.3 is 23.5 Å². The topological polar surface area (TPSA) is 83.6 Å². The standard InChI is InChI=1S/C21H19N3O5/c1-3-26-21(25)29-20(17-11-15-6-4-5-7-16(15)24(17)2)23-22-12-14-8-9-18-19(10-14)28-13-27-18/h4-12H,3,13H2,1-2H3/b22-12-,23-20+. The molecule has 0 bridgehead atoms. The molecule has 3 aromatic rings. The van der Waals surface area contributed by atoms with Crippen LogP contribution in [0.1, 0.15) is 18.2 Å². The number of para-hydroxylation sites is 1. The van der Waals surface area contributed by atoms with Crippen molar-refractivity contribution in [3.8, 4) is 11.5 Å². The lowest BCUT2D eigenvalue weighted by molar-refractivity contribution is 0.100. The van der Waals surface area contributed by atoms with Crippen LogP contribution in [0.15, 0.2) is 58.7 Å². The zero-order valence-electron chi connectivity index (χ0n) is 16.0. The molecule has 148 valence electrons. The highest BCUT2D eigenvalue weighted by molar-refractivity contribution is 6.02. The molecule has 0 saturated heterocycles. The summed E-state index contributed by atoms with van der Waals surface area (Å²) in [5, 5.41) is 9.21. The third-order valence-electron chi connectivity index (χ3n) is 4.36. The highest BCUT2D eigenvalue weighted by atomic mass is 16.7. The van der Waals surface area contributed by atoms with Crippen molar-refractivity contribution in [2.24, 2.45) is 17.3 Å². The van der Waals surface area contributed by atoms with Gasteiger partial charge in [0.15, 0.2) is 11.5 Å². The number of rotatable bonds is 4. The van der Waals surface area contributed by atoms with E-state index in [1.165, 1.54) is 0 Å². The van der Waals surface area contributed by atoms with Crippen LogP contribution in [0.25, 0.3) is 10.9 Å². The highest BCUT2D eigenvalue weighted by Crippen LogP contribution is 2.32. The van der Waals surface area contributed by atoms with Crippen molar-refractivity contribution in [1.29, 1.82) is 0 Å². The van der Waals surface area contributed by atoms with E-state index in [1.807, 2.05) is 48.0 Å². The molecule has 0 aliphatic carbocycles. The summed E-state index contributed by atoms with van der Waals surface area (Å²) in [7, 11) is 1.86. The van der Waals surface area contributed by atoms with Crippen LogP contribution in [0.5, 0.6) is 11.5 Å². The first-order valence-electron chi connectivity index (χ1n) is 9.06. The zero-order chi connectivity index (χ0) is 20.2. The van der Waals surface area contributed by atoms with E-state index >= 15 is 0 Å². The Labute approximate surface area is 167 Å². The van der Waals surface area contributed by atoms with E-state index in [0.717, 1.165) is 16.5 Å². The van der Waals surface area contributed by atoms with Gasteiger partial charge in [0.05, 0.1) is 12.8 Å². The molecular weight excluding hydrogens is 374 g/mol. The van der Waals surface area contributed by atoms with Gasteiger partial charge in [0, 0.05) is 18.0 Å². The van der Waals surface area contributed by atoms with E-state index in [0.29, 0.717) is 17.2 Å². The number of ether oxygens (including phenoxy) is 4. The van der Waals surface area contributed by atoms with Gasteiger partial charge in [-0.05, 0) is 42.8 Å². The van der Waals surface area contributed by atoms with Crippen LogP contribution in [0.2, 0.25) is 0 Å². The minimum Gasteiger partial charge on any atom is -0.454 e. The number of hydrogen-bond donors (Lipinski definition) is 0. The van der Waals surface area contributed by atoms with Crippen molar-refractivity contribution in [1.82, 2.24) is 4.57 Å². The number of hydrogen-bond acceptors (Lipinski definition) is 7. The second kappa shape index (κ2) is 8.05. The highest BCUT2D eigenvalue weighted by Gasteiger charge is 2.18. The fraction of sp³-hybridized carbons (Fsp3) is 0.190. The molecule has 29 heavy (non-hydrogen) atoms. The molecule has 1 aliphatic heterocycles. The van der Waals surface area contributed by atoms with Gasteiger partial charge in [0.1, 0.15) is 5.69 Å². The van der Waals surface area contributed by atoms with E-state index in [2.05, 4.69) is 10.2 Å². The fourth-order valence-electron chi connectivity index (χ4n) is 2.99. The average Bonchev–Trinajstić information content (AvgIpc) is 3.32. The molecule has 0 N–H and O–H groups in total. The van der Waals surface area contributed by atoms with E-state index in [4.69, 9.17) is 18.9 Å². The first kappa shape index (κ1) is 18.5. The predicted molar refractivity (Wildman–Crippen MR) is 108 cm³/mol. The number of nitrogens with zero attached hydrogens (tertiary/aromatic N) is 3. The van der Waals surface area contributed by atoms with E-state index in [1.54, 1.807) is 25.3 Å². The van der Waals surface area contributed by atoms with E-state index < -0.39 is 6.16 Å². The van der Waals surface area contributed by atoms with Gasteiger partial charge in [-0.1, -0.05) is 18.2 Å². The Balaban J connectivity index is 1.66. The molecule has 0 spiro atoms. The molecule has 0 amide bonds. The minimum atomic E-state index is -0.838. The Morgan fingerprint density at radius 1 is 1.17 bits per heavy atom. The van der Waals surface area contributed by atoms with Crippen LogP contribution in [0, 0.1) is 0 Å². The molecule has 0 fully saturated rings. The van der Waals surface area contributed by atoms with Gasteiger partial charge in [0.2, 0.25) is 6.79 Å². The lowest BCUT2D eigenvalue weighted by atomic mass is 10.2. The van der Waals surface area contributed by atoms with Gasteiger partial charge in [0.25, 0.3) is 5.90 Å². The lowest BCUT2D eigenvalue weighted by Gasteiger charge is -2.07. The third kappa shape index (κ3) is 3.91. The number of aromatic nitrogens is 1. The molecule has 1 aromatic heterocycles. The van der Waals surface area contributed by atoms with E-state index in [9.17, 15) is 4.79 Å². The van der Waals surface area contributed by atoms with Crippen LogP contribution in [0.4, 0.5) is 4.79 Å². The summed E-state index contributed by atoms with van der Waals surface area (Å²) in [5.74, 6) is 1.38. The Bertz CT molecular complexity index is 1120. The zero-order valence-corrected chi connectivity index (χ0v) is 16.0. The van der Waals surface area contributed by atoms with Crippen molar-refractivity contribution in [3.05, 3.63) is 59.8 Å². The third-order valence-corrected chi connectivity index (χ3v) is 4.36. The Kier molecular flexibility index (Phi) is 5.15. The second-order valence-electron chi connectivity index (χ2n) is 6.19. The normalized spacial score (nSPS) is 13.2. The molecule has 1 aliphatic rings. The maximum atomic E-state index is 11.9. The minimum absolute atomic E-state index is 0.0409. The molecule has 0 atom stereocenters. The number of aryl methyl sites for hydroxylation is 1. The van der Waals surface area contributed by atoms with Crippen LogP contribution >= 0.6 is 0 Å². The number of fused-ring (bicyclic) bond motifs is 2.